The van der Waals surface area contributed by atoms with Gasteiger partial charge >= 0.3 is 0 Å². The third kappa shape index (κ3) is 1.94. The van der Waals surface area contributed by atoms with Crippen LogP contribution in [0, 0.1) is 11.8 Å². The van der Waals surface area contributed by atoms with E-state index in [-0.39, 0.29) is 10.1 Å². The van der Waals surface area contributed by atoms with E-state index in [0.717, 1.165) is 16.9 Å². The van der Waals surface area contributed by atoms with Gasteiger partial charge in [-0.15, -0.1) is 23.2 Å². The molecule has 0 aromatic heterocycles. The van der Waals surface area contributed by atoms with E-state index in [1.165, 1.54) is 14.2 Å². The Balaban J connectivity index is 1.88. The molecule has 2 amide bonds. The number of methoxy groups -OCH3 is 2. The van der Waals surface area contributed by atoms with Crippen molar-refractivity contribution in [1.29, 1.82) is 0 Å². The number of nitrogens with zero attached hydrogens (tertiary/aromatic N) is 1. The Labute approximate surface area is 182 Å². The monoisotopic (exact) mass is 463 g/mol. The minimum absolute atomic E-state index is 0.0416. The van der Waals surface area contributed by atoms with Crippen molar-refractivity contribution in [3.8, 4) is 0 Å². The van der Waals surface area contributed by atoms with E-state index in [4.69, 9.17) is 55.9 Å². The van der Waals surface area contributed by atoms with Crippen LogP contribution in [0.3, 0.4) is 0 Å². The molecule has 1 aliphatic heterocycles. The number of hydrogen-bond donors (Lipinski definition) is 0. The number of fused-ring (bicyclic) bond motifs is 5. The lowest BCUT2D eigenvalue weighted by Crippen LogP contribution is -2.60. The molecule has 4 rings (SSSR count). The van der Waals surface area contributed by atoms with E-state index < -0.39 is 39.2 Å². The standard InChI is InChI=1S/C19H17Cl4NO4/c1-4-9-5-7-10(8-6-9)24-15(25)11-12(16(24)26)18(23)14(21)13(20)17(11,22)19(18,27-2)28-3/h5-8,11-12H,4H2,1-3H3/t11-,12+,17-,18-/m1/s1. The number of amides is 2. The molecule has 28 heavy (non-hydrogen) atoms. The molecular formula is C19H17Cl4NO4. The average Bonchev–Trinajstić information content (AvgIpc) is 3.12. The number of ether oxygens (including phenoxy) is 2. The van der Waals surface area contributed by atoms with E-state index in [9.17, 15) is 9.59 Å². The van der Waals surface area contributed by atoms with Gasteiger partial charge < -0.3 is 9.47 Å². The molecule has 150 valence electrons. The molecule has 0 radical (unpaired) electrons. The largest absolute Gasteiger partial charge is 0.350 e. The fraction of sp³-hybridized carbons (Fsp3) is 0.474. The van der Waals surface area contributed by atoms with Crippen LogP contribution in [0.4, 0.5) is 5.69 Å². The maximum atomic E-state index is 13.4. The minimum atomic E-state index is -1.77. The third-order valence-electron chi connectivity index (χ3n) is 6.13. The second-order valence-corrected chi connectivity index (χ2v) is 9.01. The summed E-state index contributed by atoms with van der Waals surface area (Å²) in [5.41, 5.74) is 1.52. The molecule has 2 fully saturated rings. The average molecular weight is 465 g/mol. The molecule has 1 saturated heterocycles. The molecule has 0 spiro atoms. The Bertz CT molecular complexity index is 867. The van der Waals surface area contributed by atoms with Gasteiger partial charge in [-0.3, -0.25) is 9.59 Å². The molecular weight excluding hydrogens is 448 g/mol. The second-order valence-electron chi connectivity index (χ2n) is 7.06. The highest BCUT2D eigenvalue weighted by Gasteiger charge is 2.89. The Hall–Kier alpha value is -0.820. The van der Waals surface area contributed by atoms with Gasteiger partial charge in [0, 0.05) is 14.2 Å². The van der Waals surface area contributed by atoms with Crippen LogP contribution < -0.4 is 4.90 Å². The molecule has 2 bridgehead atoms. The predicted octanol–water partition coefficient (Wildman–Crippen LogP) is 4.02. The second kappa shape index (κ2) is 6.34. The van der Waals surface area contributed by atoms with Gasteiger partial charge in [-0.25, -0.2) is 4.90 Å². The lowest BCUT2D eigenvalue weighted by atomic mass is 9.84. The number of rotatable bonds is 4. The molecule has 1 aromatic carbocycles. The van der Waals surface area contributed by atoms with Crippen molar-refractivity contribution in [2.45, 2.75) is 28.9 Å². The fourth-order valence-corrected chi connectivity index (χ4v) is 7.00. The molecule has 0 N–H and O–H groups in total. The van der Waals surface area contributed by atoms with Crippen LogP contribution >= 0.6 is 46.4 Å². The van der Waals surface area contributed by atoms with Crippen molar-refractivity contribution < 1.29 is 19.1 Å². The number of halogens is 4. The summed E-state index contributed by atoms with van der Waals surface area (Å²) in [5.74, 6) is -4.97. The van der Waals surface area contributed by atoms with Crippen molar-refractivity contribution in [1.82, 2.24) is 0 Å². The number of carbonyl (C=O) groups excluding carboxylic acids is 2. The fourth-order valence-electron chi connectivity index (χ4n) is 4.84. The Kier molecular flexibility index (Phi) is 4.63. The van der Waals surface area contributed by atoms with Crippen LogP contribution in [0.25, 0.3) is 0 Å². The number of imide groups is 1. The first-order valence-electron chi connectivity index (χ1n) is 8.68. The van der Waals surface area contributed by atoms with Crippen molar-refractivity contribution in [2.24, 2.45) is 11.8 Å². The van der Waals surface area contributed by atoms with Crippen LogP contribution in [0.1, 0.15) is 12.5 Å². The third-order valence-corrected chi connectivity index (χ3v) is 8.74. The summed E-state index contributed by atoms with van der Waals surface area (Å²) in [5, 5.41) is -0.0831. The van der Waals surface area contributed by atoms with Gasteiger partial charge in [0.2, 0.25) is 17.6 Å². The van der Waals surface area contributed by atoms with Gasteiger partial charge in [-0.2, -0.15) is 0 Å². The van der Waals surface area contributed by atoms with Gasteiger partial charge in [-0.05, 0) is 24.1 Å². The molecule has 1 heterocycles. The van der Waals surface area contributed by atoms with Crippen molar-refractivity contribution >= 4 is 63.9 Å². The van der Waals surface area contributed by atoms with Crippen LogP contribution in [0.15, 0.2) is 34.3 Å². The number of anilines is 1. The maximum absolute atomic E-state index is 13.4. The first-order valence-corrected chi connectivity index (χ1v) is 10.2. The highest BCUT2D eigenvalue weighted by Crippen LogP contribution is 2.75. The zero-order valence-electron chi connectivity index (χ0n) is 15.3. The molecule has 9 heteroatoms. The van der Waals surface area contributed by atoms with E-state index in [1.807, 2.05) is 19.1 Å². The van der Waals surface area contributed by atoms with Gasteiger partial charge in [-0.1, -0.05) is 42.3 Å². The number of hydrogen-bond acceptors (Lipinski definition) is 4. The number of alkyl halides is 2. The molecule has 0 unspecified atom stereocenters. The summed E-state index contributed by atoms with van der Waals surface area (Å²) >= 11 is 26.7. The quantitative estimate of drug-likeness (QED) is 0.383. The summed E-state index contributed by atoms with van der Waals surface area (Å²) in [6.45, 7) is 2.02. The van der Waals surface area contributed by atoms with Crippen molar-refractivity contribution in [2.75, 3.05) is 19.1 Å². The summed E-state index contributed by atoms with van der Waals surface area (Å²) in [6.07, 6.45) is 0.836. The van der Waals surface area contributed by atoms with E-state index in [2.05, 4.69) is 0 Å². The minimum Gasteiger partial charge on any atom is -0.350 e. The SMILES string of the molecule is CCc1ccc(N2C(=O)[C@@H]3[C@H](C2=O)[C@@]2(Cl)C(Cl)=C(Cl)[C@@]3(Cl)C2(OC)OC)cc1. The highest BCUT2D eigenvalue weighted by molar-refractivity contribution is 6.54. The number of aryl methyl sites for hydroxylation is 1. The van der Waals surface area contributed by atoms with E-state index in [0.29, 0.717) is 5.69 Å². The lowest BCUT2D eigenvalue weighted by Gasteiger charge is -2.42. The normalized spacial score (nSPS) is 35.9. The molecule has 2 aliphatic carbocycles. The molecule has 1 saturated carbocycles. The van der Waals surface area contributed by atoms with E-state index >= 15 is 0 Å². The first-order chi connectivity index (χ1) is 13.2. The van der Waals surface area contributed by atoms with Crippen LogP contribution in [0.5, 0.6) is 0 Å². The van der Waals surface area contributed by atoms with Gasteiger partial charge in [0.25, 0.3) is 0 Å². The summed E-state index contributed by atoms with van der Waals surface area (Å²) in [7, 11) is 2.66. The highest BCUT2D eigenvalue weighted by atomic mass is 35.5. The smallest absolute Gasteiger partial charge is 0.240 e. The van der Waals surface area contributed by atoms with Gasteiger partial charge in [0.05, 0.1) is 27.6 Å². The Morgan fingerprint density at radius 3 is 1.71 bits per heavy atom. The number of benzene rings is 1. The van der Waals surface area contributed by atoms with Crippen LogP contribution in [-0.4, -0.2) is 41.6 Å². The lowest BCUT2D eigenvalue weighted by molar-refractivity contribution is -0.221. The molecule has 5 nitrogen and oxygen atoms in total. The first kappa shape index (κ1) is 20.5. The van der Waals surface area contributed by atoms with E-state index in [1.54, 1.807) is 12.1 Å². The van der Waals surface area contributed by atoms with Crippen molar-refractivity contribution in [3.63, 3.8) is 0 Å². The van der Waals surface area contributed by atoms with Gasteiger partial charge in [0.1, 0.15) is 9.75 Å². The van der Waals surface area contributed by atoms with Gasteiger partial charge in [0.15, 0.2) is 0 Å². The summed E-state index contributed by atoms with van der Waals surface area (Å²) in [6, 6.07) is 7.16. The van der Waals surface area contributed by atoms with Crippen LogP contribution in [0.2, 0.25) is 0 Å². The zero-order valence-corrected chi connectivity index (χ0v) is 18.3. The molecule has 4 atom stereocenters. The summed E-state index contributed by atoms with van der Waals surface area (Å²) in [4.78, 5) is 24.4. The maximum Gasteiger partial charge on any atom is 0.240 e. The molecule has 1 aromatic rings. The van der Waals surface area contributed by atoms with Crippen LogP contribution in [-0.2, 0) is 25.5 Å². The topological polar surface area (TPSA) is 55.8 Å². The zero-order chi connectivity index (χ0) is 20.6. The summed E-state index contributed by atoms with van der Waals surface area (Å²) < 4.78 is 11.1. The van der Waals surface area contributed by atoms with Crippen molar-refractivity contribution in [3.05, 3.63) is 39.9 Å². The predicted molar refractivity (Wildman–Crippen MR) is 108 cm³/mol. The number of carbonyl (C=O) groups is 2. The Morgan fingerprint density at radius 1 is 0.929 bits per heavy atom. The Morgan fingerprint density at radius 2 is 1.36 bits per heavy atom. The molecule has 3 aliphatic rings.